The first kappa shape index (κ1) is 20.9. The summed E-state index contributed by atoms with van der Waals surface area (Å²) in [4.78, 5) is 25.7. The van der Waals surface area contributed by atoms with Gasteiger partial charge in [-0.05, 0) is 50.2 Å². The molecular formula is C23H32N2O2. The number of para-hydroxylation sites is 1. The third-order valence-corrected chi connectivity index (χ3v) is 5.17. The van der Waals surface area contributed by atoms with Crippen LogP contribution in [0.2, 0.25) is 0 Å². The highest BCUT2D eigenvalue weighted by molar-refractivity contribution is 6.05. The van der Waals surface area contributed by atoms with Gasteiger partial charge in [0.1, 0.15) is 5.56 Å². The van der Waals surface area contributed by atoms with Gasteiger partial charge >= 0.3 is 0 Å². The second-order valence-electron chi connectivity index (χ2n) is 7.56. The number of benzene rings is 1. The summed E-state index contributed by atoms with van der Waals surface area (Å²) < 4.78 is 2.09. The van der Waals surface area contributed by atoms with Gasteiger partial charge in [0.2, 0.25) is 0 Å². The number of rotatable bonds is 7. The molecule has 0 fully saturated rings. The number of carbonyl (C=O) groups is 1. The molecule has 1 aromatic carbocycles. The highest BCUT2D eigenvalue weighted by Crippen LogP contribution is 2.23. The van der Waals surface area contributed by atoms with Crippen molar-refractivity contribution in [1.82, 2.24) is 4.57 Å². The maximum atomic E-state index is 13.1. The van der Waals surface area contributed by atoms with Gasteiger partial charge in [-0.2, -0.15) is 0 Å². The Bertz CT molecular complexity index is 856. The van der Waals surface area contributed by atoms with Crippen molar-refractivity contribution in [2.24, 2.45) is 5.92 Å². The first-order chi connectivity index (χ1) is 12.8. The molecule has 1 amide bonds. The predicted molar refractivity (Wildman–Crippen MR) is 113 cm³/mol. The Labute approximate surface area is 162 Å². The topological polar surface area (TPSA) is 51.1 Å². The van der Waals surface area contributed by atoms with Gasteiger partial charge in [-0.3, -0.25) is 9.59 Å². The molecule has 27 heavy (non-hydrogen) atoms. The fourth-order valence-electron chi connectivity index (χ4n) is 3.50. The predicted octanol–water partition coefficient (Wildman–Crippen LogP) is 4.89. The van der Waals surface area contributed by atoms with Crippen LogP contribution < -0.4 is 10.7 Å². The van der Waals surface area contributed by atoms with E-state index in [1.807, 2.05) is 32.0 Å². The van der Waals surface area contributed by atoms with Gasteiger partial charge in [0.25, 0.3) is 5.91 Å². The second kappa shape index (κ2) is 9.03. The highest BCUT2D eigenvalue weighted by Gasteiger charge is 2.19. The van der Waals surface area contributed by atoms with Crippen molar-refractivity contribution in [3.8, 4) is 0 Å². The van der Waals surface area contributed by atoms with Crippen molar-refractivity contribution in [2.75, 3.05) is 5.32 Å². The number of hydrogen-bond acceptors (Lipinski definition) is 2. The Balaban J connectivity index is 2.46. The number of anilines is 1. The Morgan fingerprint density at radius 2 is 1.70 bits per heavy atom. The average molecular weight is 369 g/mol. The molecule has 0 spiro atoms. The van der Waals surface area contributed by atoms with E-state index >= 15 is 0 Å². The molecule has 1 N–H and O–H groups in total. The SMILES string of the molecule is CCc1cccc(CC)c1NC(=O)c1c(C)n(CCC(C)C)c(C)cc1=O. The zero-order chi connectivity index (χ0) is 20.1. The summed E-state index contributed by atoms with van der Waals surface area (Å²) in [6.45, 7) is 13.1. The summed E-state index contributed by atoms with van der Waals surface area (Å²) in [5, 5.41) is 3.04. The van der Waals surface area contributed by atoms with E-state index in [-0.39, 0.29) is 16.9 Å². The number of hydrogen-bond donors (Lipinski definition) is 1. The normalized spacial score (nSPS) is 11.1. The monoisotopic (exact) mass is 368 g/mol. The van der Waals surface area contributed by atoms with Crippen LogP contribution >= 0.6 is 0 Å². The lowest BCUT2D eigenvalue weighted by molar-refractivity contribution is 0.102. The minimum Gasteiger partial charge on any atom is -0.348 e. The van der Waals surface area contributed by atoms with Crippen LogP contribution in [-0.2, 0) is 19.4 Å². The molecular weight excluding hydrogens is 336 g/mol. The number of nitrogens with one attached hydrogen (secondary N) is 1. The molecule has 0 radical (unpaired) electrons. The maximum Gasteiger partial charge on any atom is 0.261 e. The summed E-state index contributed by atoms with van der Waals surface area (Å²) in [5.41, 5.74) is 4.71. The van der Waals surface area contributed by atoms with Crippen LogP contribution in [0.3, 0.4) is 0 Å². The van der Waals surface area contributed by atoms with E-state index in [2.05, 4.69) is 37.6 Å². The minimum atomic E-state index is -0.314. The van der Waals surface area contributed by atoms with E-state index in [9.17, 15) is 9.59 Å². The fraction of sp³-hybridized carbons (Fsp3) is 0.478. The average Bonchev–Trinajstić information content (AvgIpc) is 2.61. The molecule has 2 aromatic rings. The molecule has 4 heteroatoms. The minimum absolute atomic E-state index is 0.213. The quantitative estimate of drug-likeness (QED) is 0.756. The standard InChI is InChI=1S/C23H32N2O2/c1-7-18-10-9-11-19(8-2)22(18)24-23(27)21-17(6)25(13-12-15(3)4)16(5)14-20(21)26/h9-11,14-15H,7-8,12-13H2,1-6H3,(H,24,27). The molecule has 0 saturated heterocycles. The number of nitrogens with zero attached hydrogens (tertiary/aromatic N) is 1. The Hall–Kier alpha value is -2.36. The summed E-state index contributed by atoms with van der Waals surface area (Å²) in [5.74, 6) is 0.246. The van der Waals surface area contributed by atoms with Crippen LogP contribution in [0.25, 0.3) is 0 Å². The molecule has 0 bridgehead atoms. The first-order valence-corrected chi connectivity index (χ1v) is 9.93. The third kappa shape index (κ3) is 4.68. The van der Waals surface area contributed by atoms with E-state index in [1.165, 1.54) is 0 Å². The number of aromatic nitrogens is 1. The Kier molecular flexibility index (Phi) is 7.00. The molecule has 0 atom stereocenters. The van der Waals surface area contributed by atoms with Crippen molar-refractivity contribution < 1.29 is 4.79 Å². The smallest absolute Gasteiger partial charge is 0.261 e. The van der Waals surface area contributed by atoms with Crippen molar-refractivity contribution in [3.05, 3.63) is 62.6 Å². The number of pyridine rings is 1. The third-order valence-electron chi connectivity index (χ3n) is 5.17. The van der Waals surface area contributed by atoms with Gasteiger partial charge in [0, 0.05) is 29.7 Å². The highest BCUT2D eigenvalue weighted by atomic mass is 16.2. The summed E-state index contributed by atoms with van der Waals surface area (Å²) in [7, 11) is 0. The molecule has 1 heterocycles. The van der Waals surface area contributed by atoms with Crippen LogP contribution in [0.1, 0.15) is 67.0 Å². The van der Waals surface area contributed by atoms with Crippen LogP contribution in [-0.4, -0.2) is 10.5 Å². The van der Waals surface area contributed by atoms with Gasteiger partial charge < -0.3 is 9.88 Å². The zero-order valence-corrected chi connectivity index (χ0v) is 17.5. The summed E-state index contributed by atoms with van der Waals surface area (Å²) in [6, 6.07) is 7.65. The van der Waals surface area contributed by atoms with Gasteiger partial charge in [-0.15, -0.1) is 0 Å². The molecule has 1 aromatic heterocycles. The van der Waals surface area contributed by atoms with Crippen molar-refractivity contribution in [1.29, 1.82) is 0 Å². The Morgan fingerprint density at radius 3 is 2.22 bits per heavy atom. The first-order valence-electron chi connectivity index (χ1n) is 9.93. The van der Waals surface area contributed by atoms with Gasteiger partial charge in [-0.25, -0.2) is 0 Å². The van der Waals surface area contributed by atoms with Gasteiger partial charge in [-0.1, -0.05) is 45.9 Å². The van der Waals surface area contributed by atoms with Crippen molar-refractivity contribution in [3.63, 3.8) is 0 Å². The van der Waals surface area contributed by atoms with Crippen LogP contribution in [0, 0.1) is 19.8 Å². The fourth-order valence-corrected chi connectivity index (χ4v) is 3.50. The lowest BCUT2D eigenvalue weighted by atomic mass is 10.0. The molecule has 4 nitrogen and oxygen atoms in total. The lowest BCUT2D eigenvalue weighted by Gasteiger charge is -2.19. The van der Waals surface area contributed by atoms with E-state index in [0.717, 1.165) is 54.0 Å². The van der Waals surface area contributed by atoms with Crippen LogP contribution in [0.4, 0.5) is 5.69 Å². The largest absolute Gasteiger partial charge is 0.348 e. The van der Waals surface area contributed by atoms with Crippen LogP contribution in [0.15, 0.2) is 29.1 Å². The van der Waals surface area contributed by atoms with Crippen molar-refractivity contribution >= 4 is 11.6 Å². The van der Waals surface area contributed by atoms with Crippen LogP contribution in [0.5, 0.6) is 0 Å². The molecule has 146 valence electrons. The molecule has 0 aliphatic carbocycles. The number of aryl methyl sites for hydroxylation is 3. The molecule has 0 aliphatic rings. The van der Waals surface area contributed by atoms with Gasteiger partial charge in [0.05, 0.1) is 0 Å². The van der Waals surface area contributed by atoms with Gasteiger partial charge in [0.15, 0.2) is 5.43 Å². The van der Waals surface area contributed by atoms with E-state index in [4.69, 9.17) is 0 Å². The molecule has 2 rings (SSSR count). The van der Waals surface area contributed by atoms with E-state index < -0.39 is 0 Å². The summed E-state index contributed by atoms with van der Waals surface area (Å²) >= 11 is 0. The van der Waals surface area contributed by atoms with E-state index in [0.29, 0.717) is 5.92 Å². The van der Waals surface area contributed by atoms with E-state index in [1.54, 1.807) is 6.07 Å². The number of amides is 1. The second-order valence-corrected chi connectivity index (χ2v) is 7.56. The molecule has 0 unspecified atom stereocenters. The zero-order valence-electron chi connectivity index (χ0n) is 17.5. The molecule has 0 saturated carbocycles. The summed E-state index contributed by atoms with van der Waals surface area (Å²) in [6.07, 6.45) is 2.66. The molecule has 0 aliphatic heterocycles. The van der Waals surface area contributed by atoms with Crippen molar-refractivity contribution in [2.45, 2.75) is 67.3 Å². The maximum absolute atomic E-state index is 13.1. The Morgan fingerprint density at radius 1 is 1.11 bits per heavy atom. The number of carbonyl (C=O) groups excluding carboxylic acids is 1. The lowest BCUT2D eigenvalue weighted by Crippen LogP contribution is -2.28.